The Morgan fingerprint density at radius 2 is 1.72 bits per heavy atom. The molecule has 0 spiro atoms. The number of carbonyl (C=O) groups is 3. The third-order valence-corrected chi connectivity index (χ3v) is 5.90. The molecular weight excluding hydrogens is 460 g/mol. The molecule has 0 radical (unpaired) electrons. The fraction of sp³-hybridized carbons (Fsp3) is 0.357. The topological polar surface area (TPSA) is 119 Å². The third-order valence-electron chi connectivity index (χ3n) is 5.90. The number of aliphatic hydroxyl groups excluding tert-OH is 1. The summed E-state index contributed by atoms with van der Waals surface area (Å²) >= 11 is 0. The van der Waals surface area contributed by atoms with Crippen LogP contribution in [0.3, 0.4) is 0 Å². The van der Waals surface area contributed by atoms with Crippen LogP contribution in [0.1, 0.15) is 83.9 Å². The molecule has 190 valence electrons. The number of aromatic carboxylic acids is 1. The molecule has 3 rings (SSSR count). The van der Waals surface area contributed by atoms with Gasteiger partial charge in [0.15, 0.2) is 5.69 Å². The second kappa shape index (κ2) is 12.8. The summed E-state index contributed by atoms with van der Waals surface area (Å²) in [6.45, 7) is 3.60. The van der Waals surface area contributed by atoms with Crippen molar-refractivity contribution in [2.75, 3.05) is 0 Å². The molecule has 8 heteroatoms. The van der Waals surface area contributed by atoms with Gasteiger partial charge in [-0.2, -0.15) is 0 Å². The van der Waals surface area contributed by atoms with Crippen LogP contribution < -0.4 is 0 Å². The summed E-state index contributed by atoms with van der Waals surface area (Å²) in [6, 6.07) is 14.4. The maximum Gasteiger partial charge on any atom is 0.364 e. The molecule has 0 saturated carbocycles. The van der Waals surface area contributed by atoms with Crippen LogP contribution in [0.5, 0.6) is 0 Å². The number of benzene rings is 2. The van der Waals surface area contributed by atoms with Gasteiger partial charge in [-0.1, -0.05) is 69.2 Å². The molecule has 0 saturated heterocycles. The molecule has 2 aromatic carbocycles. The molecule has 0 amide bonds. The molecule has 0 atom stereocenters. The van der Waals surface area contributed by atoms with Crippen molar-refractivity contribution in [1.82, 2.24) is 9.55 Å². The predicted molar refractivity (Wildman–Crippen MR) is 135 cm³/mol. The van der Waals surface area contributed by atoms with Gasteiger partial charge in [-0.25, -0.2) is 14.6 Å². The number of hydrogen-bond acceptors (Lipinski definition) is 6. The van der Waals surface area contributed by atoms with Crippen LogP contribution in [0, 0.1) is 0 Å². The van der Waals surface area contributed by atoms with Gasteiger partial charge in [0.1, 0.15) is 5.82 Å². The standard InChI is InChI=1S/C28H32N2O6/c1-3-5-12-24-29-23(18-31)26(28(35)36-25(32)13-6-4-2)30(24)17-19-14-15-21(22(16-19)27(33)34)20-10-8-7-9-11-20/h7-11,14-16,31H,3-6,12-13,17-18H2,1-2H3,(H,33,34). The van der Waals surface area contributed by atoms with Gasteiger partial charge in [-0.3, -0.25) is 4.79 Å². The number of rotatable bonds is 12. The van der Waals surface area contributed by atoms with Crippen LogP contribution in [0.25, 0.3) is 11.1 Å². The molecule has 36 heavy (non-hydrogen) atoms. The van der Waals surface area contributed by atoms with Crippen LogP contribution in [0.15, 0.2) is 48.5 Å². The number of imidazole rings is 1. The average Bonchev–Trinajstić information content (AvgIpc) is 3.23. The van der Waals surface area contributed by atoms with E-state index >= 15 is 0 Å². The number of nitrogens with zero attached hydrogens (tertiary/aromatic N) is 2. The van der Waals surface area contributed by atoms with Crippen LogP contribution in [0.4, 0.5) is 0 Å². The molecule has 2 N–H and O–H groups in total. The highest BCUT2D eigenvalue weighted by Gasteiger charge is 2.26. The maximum atomic E-state index is 13.0. The summed E-state index contributed by atoms with van der Waals surface area (Å²) < 4.78 is 6.70. The van der Waals surface area contributed by atoms with E-state index < -0.39 is 24.5 Å². The fourth-order valence-corrected chi connectivity index (χ4v) is 4.03. The number of unbranched alkanes of at least 4 members (excludes halogenated alkanes) is 2. The summed E-state index contributed by atoms with van der Waals surface area (Å²) in [7, 11) is 0. The first-order valence-corrected chi connectivity index (χ1v) is 12.2. The summed E-state index contributed by atoms with van der Waals surface area (Å²) in [4.78, 5) is 41.7. The van der Waals surface area contributed by atoms with Crippen molar-refractivity contribution >= 4 is 17.9 Å². The Morgan fingerprint density at radius 1 is 1.00 bits per heavy atom. The van der Waals surface area contributed by atoms with E-state index in [9.17, 15) is 24.6 Å². The number of hydrogen-bond donors (Lipinski definition) is 2. The zero-order chi connectivity index (χ0) is 26.1. The molecule has 1 aromatic heterocycles. The summed E-state index contributed by atoms with van der Waals surface area (Å²) in [6.07, 6.45) is 3.76. The van der Waals surface area contributed by atoms with Gasteiger partial charge in [0, 0.05) is 19.4 Å². The van der Waals surface area contributed by atoms with Crippen molar-refractivity contribution in [2.24, 2.45) is 0 Å². The van der Waals surface area contributed by atoms with Gasteiger partial charge < -0.3 is 19.5 Å². The monoisotopic (exact) mass is 492 g/mol. The Bertz CT molecular complexity index is 1220. The molecule has 8 nitrogen and oxygen atoms in total. The largest absolute Gasteiger partial charge is 0.478 e. The summed E-state index contributed by atoms with van der Waals surface area (Å²) in [5.74, 6) is -1.99. The second-order valence-corrected chi connectivity index (χ2v) is 8.59. The molecule has 0 aliphatic carbocycles. The van der Waals surface area contributed by atoms with Crippen LogP contribution in [0.2, 0.25) is 0 Å². The van der Waals surface area contributed by atoms with Gasteiger partial charge in [-0.15, -0.1) is 0 Å². The SMILES string of the molecule is CCCCC(=O)OC(=O)c1c(CO)nc(CCCC)n1Cc1ccc(-c2ccccc2)c(C(=O)O)c1. The van der Waals surface area contributed by atoms with Crippen molar-refractivity contribution < 1.29 is 29.3 Å². The van der Waals surface area contributed by atoms with Crippen LogP contribution >= 0.6 is 0 Å². The average molecular weight is 493 g/mol. The minimum Gasteiger partial charge on any atom is -0.478 e. The zero-order valence-corrected chi connectivity index (χ0v) is 20.7. The number of ether oxygens (including phenoxy) is 1. The lowest BCUT2D eigenvalue weighted by molar-refractivity contribution is -0.138. The second-order valence-electron chi connectivity index (χ2n) is 8.59. The van der Waals surface area contributed by atoms with Gasteiger partial charge in [0.2, 0.25) is 0 Å². The molecular formula is C28H32N2O6. The smallest absolute Gasteiger partial charge is 0.364 e. The highest BCUT2D eigenvalue weighted by molar-refractivity contribution is 5.97. The Labute approximate surface area is 210 Å². The number of carboxylic acids is 1. The van der Waals surface area contributed by atoms with Crippen molar-refractivity contribution in [1.29, 1.82) is 0 Å². The minimum atomic E-state index is -1.07. The Balaban J connectivity index is 2.02. The molecule has 0 aliphatic heterocycles. The van der Waals surface area contributed by atoms with Crippen LogP contribution in [-0.4, -0.2) is 37.7 Å². The highest BCUT2D eigenvalue weighted by Crippen LogP contribution is 2.26. The molecule has 3 aromatic rings. The maximum absolute atomic E-state index is 13.0. The molecule has 1 heterocycles. The number of esters is 2. The van der Waals surface area contributed by atoms with E-state index in [0.29, 0.717) is 29.8 Å². The first kappa shape index (κ1) is 26.8. The minimum absolute atomic E-state index is 0.0115. The van der Waals surface area contributed by atoms with E-state index in [1.165, 1.54) is 0 Å². The Morgan fingerprint density at radius 3 is 2.36 bits per heavy atom. The molecule has 0 fully saturated rings. The lowest BCUT2D eigenvalue weighted by Crippen LogP contribution is -2.19. The quantitative estimate of drug-likeness (QED) is 0.270. The van der Waals surface area contributed by atoms with Gasteiger partial charge >= 0.3 is 17.9 Å². The van der Waals surface area contributed by atoms with Gasteiger partial charge in [0.25, 0.3) is 0 Å². The lowest BCUT2D eigenvalue weighted by atomic mass is 9.97. The normalized spacial score (nSPS) is 10.9. The summed E-state index contributed by atoms with van der Waals surface area (Å²) in [5.41, 5.74) is 2.28. The van der Waals surface area contributed by atoms with Crippen LogP contribution in [-0.2, 0) is 29.1 Å². The van der Waals surface area contributed by atoms with E-state index in [2.05, 4.69) is 4.98 Å². The van der Waals surface area contributed by atoms with E-state index in [0.717, 1.165) is 24.8 Å². The molecule has 0 unspecified atom stereocenters. The summed E-state index contributed by atoms with van der Waals surface area (Å²) in [5, 5.41) is 19.8. The Kier molecular flexibility index (Phi) is 9.53. The number of aromatic nitrogens is 2. The number of aryl methyl sites for hydroxylation is 1. The highest BCUT2D eigenvalue weighted by atomic mass is 16.6. The van der Waals surface area contributed by atoms with E-state index in [-0.39, 0.29) is 29.9 Å². The van der Waals surface area contributed by atoms with Crippen molar-refractivity contribution in [3.8, 4) is 11.1 Å². The number of aliphatic hydroxyl groups is 1. The first-order chi connectivity index (χ1) is 17.4. The Hall–Kier alpha value is -3.78. The van der Waals surface area contributed by atoms with Crippen molar-refractivity contribution in [2.45, 2.75) is 65.5 Å². The lowest BCUT2D eigenvalue weighted by Gasteiger charge is -2.14. The van der Waals surface area contributed by atoms with Crippen molar-refractivity contribution in [3.63, 3.8) is 0 Å². The molecule has 0 bridgehead atoms. The zero-order valence-electron chi connectivity index (χ0n) is 20.7. The van der Waals surface area contributed by atoms with Crippen molar-refractivity contribution in [3.05, 3.63) is 76.9 Å². The van der Waals surface area contributed by atoms with E-state index in [4.69, 9.17) is 4.74 Å². The number of carbonyl (C=O) groups excluding carboxylic acids is 2. The fourth-order valence-electron chi connectivity index (χ4n) is 4.03. The molecule has 0 aliphatic rings. The van der Waals surface area contributed by atoms with E-state index in [1.54, 1.807) is 22.8 Å². The first-order valence-electron chi connectivity index (χ1n) is 12.2. The van der Waals surface area contributed by atoms with Gasteiger partial charge in [-0.05, 0) is 35.6 Å². The number of carboxylic acid groups (broad SMARTS) is 1. The van der Waals surface area contributed by atoms with E-state index in [1.807, 2.05) is 44.2 Å². The third kappa shape index (κ3) is 6.46. The predicted octanol–water partition coefficient (Wildman–Crippen LogP) is 5.01. The van der Waals surface area contributed by atoms with Gasteiger partial charge in [0.05, 0.1) is 17.9 Å².